The first-order chi connectivity index (χ1) is 7.29. The number of carbonyl (C=O) groups excluding carboxylic acids is 2. The van der Waals surface area contributed by atoms with Crippen LogP contribution in [0.2, 0.25) is 0 Å². The van der Waals surface area contributed by atoms with Crippen molar-refractivity contribution in [2.24, 2.45) is 0 Å². The highest BCUT2D eigenvalue weighted by atomic mass is 35.5. The van der Waals surface area contributed by atoms with Crippen LogP contribution in [0.5, 0.6) is 0 Å². The maximum absolute atomic E-state index is 11.6. The van der Waals surface area contributed by atoms with Gasteiger partial charge in [0.2, 0.25) is 0 Å². The summed E-state index contributed by atoms with van der Waals surface area (Å²) in [5.41, 5.74) is -1.33. The van der Waals surface area contributed by atoms with E-state index in [0.717, 1.165) is 6.42 Å². The van der Waals surface area contributed by atoms with Crippen molar-refractivity contribution >= 4 is 23.5 Å². The third-order valence-corrected chi connectivity index (χ3v) is 2.85. The summed E-state index contributed by atoms with van der Waals surface area (Å²) < 4.78 is 5.12. The molecule has 4 nitrogen and oxygen atoms in total. The van der Waals surface area contributed by atoms with Crippen molar-refractivity contribution in [3.8, 4) is 0 Å². The van der Waals surface area contributed by atoms with E-state index >= 15 is 0 Å². The Hall–Kier alpha value is -0.770. The molecule has 0 spiro atoms. The lowest BCUT2D eigenvalue weighted by molar-refractivity contribution is -0.126. The van der Waals surface area contributed by atoms with Gasteiger partial charge in [0.05, 0.1) is 5.88 Å². The van der Waals surface area contributed by atoms with E-state index in [2.05, 4.69) is 5.32 Å². The average Bonchev–Trinajstić information content (AvgIpc) is 2.07. The van der Waals surface area contributed by atoms with Gasteiger partial charge in [-0.25, -0.2) is 4.79 Å². The molecule has 0 atom stereocenters. The largest absolute Gasteiger partial charge is 0.444 e. The average molecular weight is 248 g/mol. The first-order valence-corrected chi connectivity index (χ1v) is 5.93. The molecule has 0 radical (unpaired) electrons. The van der Waals surface area contributed by atoms with Crippen LogP contribution in [0, 0.1) is 0 Å². The molecule has 16 heavy (non-hydrogen) atoms. The van der Waals surface area contributed by atoms with Gasteiger partial charge in [-0.1, -0.05) is 0 Å². The maximum atomic E-state index is 11.6. The Bertz CT molecular complexity index is 292. The molecule has 0 heterocycles. The second-order valence-corrected chi connectivity index (χ2v) is 5.39. The number of rotatable bonds is 3. The standard InChI is InChI=1S/C11H18ClNO3/c1-10(2,3)16-9(15)13-11(5-4-6-11)8(14)7-12/h4-7H2,1-3H3,(H,13,15). The van der Waals surface area contributed by atoms with Gasteiger partial charge >= 0.3 is 6.09 Å². The highest BCUT2D eigenvalue weighted by Gasteiger charge is 2.45. The summed E-state index contributed by atoms with van der Waals surface area (Å²) in [6.07, 6.45) is 1.68. The minimum Gasteiger partial charge on any atom is -0.444 e. The summed E-state index contributed by atoms with van der Waals surface area (Å²) in [5, 5.41) is 2.64. The number of alkyl halides is 1. The summed E-state index contributed by atoms with van der Waals surface area (Å²) in [7, 11) is 0. The normalized spacial score (nSPS) is 18.5. The highest BCUT2D eigenvalue weighted by Crippen LogP contribution is 2.33. The maximum Gasteiger partial charge on any atom is 0.408 e. The highest BCUT2D eigenvalue weighted by molar-refractivity contribution is 6.29. The lowest BCUT2D eigenvalue weighted by atomic mass is 9.74. The Labute approximate surface area is 101 Å². The van der Waals surface area contributed by atoms with Gasteiger partial charge in [-0.05, 0) is 40.0 Å². The molecule has 0 saturated heterocycles. The lowest BCUT2D eigenvalue weighted by Gasteiger charge is -2.40. The molecule has 92 valence electrons. The van der Waals surface area contributed by atoms with Crippen LogP contribution in [0.4, 0.5) is 4.79 Å². The van der Waals surface area contributed by atoms with Gasteiger partial charge < -0.3 is 10.1 Å². The Morgan fingerprint density at radius 2 is 1.94 bits per heavy atom. The Kier molecular flexibility index (Phi) is 3.84. The summed E-state index contributed by atoms with van der Waals surface area (Å²) >= 11 is 5.52. The van der Waals surface area contributed by atoms with Gasteiger partial charge in [-0.2, -0.15) is 0 Å². The molecule has 0 unspecified atom stereocenters. The molecule has 5 heteroatoms. The number of halogens is 1. The van der Waals surface area contributed by atoms with Crippen molar-refractivity contribution in [3.63, 3.8) is 0 Å². The fraction of sp³-hybridized carbons (Fsp3) is 0.818. The number of carbonyl (C=O) groups is 2. The number of hydrogen-bond acceptors (Lipinski definition) is 3. The predicted octanol–water partition coefficient (Wildman–Crippen LogP) is 2.24. The Morgan fingerprint density at radius 1 is 1.38 bits per heavy atom. The van der Waals surface area contributed by atoms with E-state index < -0.39 is 17.2 Å². The second-order valence-electron chi connectivity index (χ2n) is 5.12. The zero-order chi connectivity index (χ0) is 12.4. The van der Waals surface area contributed by atoms with E-state index in [1.54, 1.807) is 20.8 Å². The van der Waals surface area contributed by atoms with E-state index in [1.807, 2.05) is 0 Å². The van der Waals surface area contributed by atoms with Crippen molar-refractivity contribution in [3.05, 3.63) is 0 Å². The molecule has 1 saturated carbocycles. The van der Waals surface area contributed by atoms with Gasteiger partial charge in [0.15, 0.2) is 5.78 Å². The molecule has 0 aromatic carbocycles. The van der Waals surface area contributed by atoms with Crippen molar-refractivity contribution in [2.45, 2.75) is 51.2 Å². The van der Waals surface area contributed by atoms with E-state index in [0.29, 0.717) is 12.8 Å². The molecule has 1 rings (SSSR count). The van der Waals surface area contributed by atoms with Crippen molar-refractivity contribution < 1.29 is 14.3 Å². The van der Waals surface area contributed by atoms with Gasteiger partial charge in [0.25, 0.3) is 0 Å². The number of Topliss-reactive ketones (excluding diaryl/α,β-unsaturated/α-hetero) is 1. The van der Waals surface area contributed by atoms with Crippen molar-refractivity contribution in [1.82, 2.24) is 5.32 Å². The van der Waals surface area contributed by atoms with Gasteiger partial charge in [-0.3, -0.25) is 4.79 Å². The molecular formula is C11H18ClNO3. The monoisotopic (exact) mass is 247 g/mol. The minimum absolute atomic E-state index is 0.0736. The SMILES string of the molecule is CC(C)(C)OC(=O)NC1(C(=O)CCl)CCC1. The number of hydrogen-bond donors (Lipinski definition) is 1. The molecule has 0 bridgehead atoms. The van der Waals surface area contributed by atoms with Crippen LogP contribution in [-0.2, 0) is 9.53 Å². The smallest absolute Gasteiger partial charge is 0.408 e. The summed E-state index contributed by atoms with van der Waals surface area (Å²) in [4.78, 5) is 23.2. The van der Waals surface area contributed by atoms with E-state index in [-0.39, 0.29) is 11.7 Å². The fourth-order valence-electron chi connectivity index (χ4n) is 1.63. The van der Waals surface area contributed by atoms with Crippen LogP contribution >= 0.6 is 11.6 Å². The summed E-state index contributed by atoms with van der Waals surface area (Å²) in [5.74, 6) is -0.207. The van der Waals surface area contributed by atoms with Gasteiger partial charge in [-0.15, -0.1) is 11.6 Å². The third kappa shape index (κ3) is 3.11. The summed E-state index contributed by atoms with van der Waals surface area (Å²) in [6.45, 7) is 5.34. The molecule has 1 N–H and O–H groups in total. The van der Waals surface area contributed by atoms with Gasteiger partial charge in [0.1, 0.15) is 11.1 Å². The van der Waals surface area contributed by atoms with Crippen LogP contribution in [0.1, 0.15) is 40.0 Å². The molecule has 1 amide bonds. The molecule has 1 aliphatic carbocycles. The molecule has 1 fully saturated rings. The van der Waals surface area contributed by atoms with E-state index in [9.17, 15) is 9.59 Å². The first kappa shape index (κ1) is 13.3. The minimum atomic E-state index is -0.774. The Balaban J connectivity index is 2.58. The van der Waals surface area contributed by atoms with Crippen LogP contribution in [0.25, 0.3) is 0 Å². The van der Waals surface area contributed by atoms with E-state index in [1.165, 1.54) is 0 Å². The molecular weight excluding hydrogens is 230 g/mol. The zero-order valence-corrected chi connectivity index (χ0v) is 10.7. The van der Waals surface area contributed by atoms with Crippen LogP contribution in [0.15, 0.2) is 0 Å². The summed E-state index contributed by atoms with van der Waals surface area (Å²) in [6, 6.07) is 0. The number of ether oxygens (including phenoxy) is 1. The van der Waals surface area contributed by atoms with Crippen LogP contribution < -0.4 is 5.32 Å². The number of nitrogens with one attached hydrogen (secondary N) is 1. The first-order valence-electron chi connectivity index (χ1n) is 5.39. The quantitative estimate of drug-likeness (QED) is 0.779. The Morgan fingerprint density at radius 3 is 2.25 bits per heavy atom. The number of ketones is 1. The molecule has 0 aromatic heterocycles. The van der Waals surface area contributed by atoms with Gasteiger partial charge in [0, 0.05) is 0 Å². The van der Waals surface area contributed by atoms with E-state index in [4.69, 9.17) is 16.3 Å². The topological polar surface area (TPSA) is 55.4 Å². The molecule has 0 aromatic rings. The van der Waals surface area contributed by atoms with Crippen LogP contribution in [-0.4, -0.2) is 28.9 Å². The number of alkyl carbamates (subject to hydrolysis) is 1. The lowest BCUT2D eigenvalue weighted by Crippen LogP contribution is -2.60. The third-order valence-electron chi connectivity index (χ3n) is 2.60. The van der Waals surface area contributed by atoms with Crippen LogP contribution in [0.3, 0.4) is 0 Å². The number of amides is 1. The second kappa shape index (κ2) is 4.62. The molecule has 0 aliphatic heterocycles. The molecule has 1 aliphatic rings. The predicted molar refractivity (Wildman–Crippen MR) is 61.7 cm³/mol. The zero-order valence-electron chi connectivity index (χ0n) is 9.93. The fourth-order valence-corrected chi connectivity index (χ4v) is 1.89. The van der Waals surface area contributed by atoms with Crippen molar-refractivity contribution in [1.29, 1.82) is 0 Å². The van der Waals surface area contributed by atoms with Crippen molar-refractivity contribution in [2.75, 3.05) is 5.88 Å².